The molecule has 2 heterocycles. The van der Waals surface area contributed by atoms with E-state index in [1.807, 2.05) is 52.0 Å². The van der Waals surface area contributed by atoms with Gasteiger partial charge < -0.3 is 19.2 Å². The largest absolute Gasteiger partial charge is 0.494 e. The number of aliphatic hydroxyl groups is 1. The van der Waals surface area contributed by atoms with Crippen molar-refractivity contribution in [2.75, 3.05) is 6.61 Å². The van der Waals surface area contributed by atoms with E-state index in [1.165, 1.54) is 0 Å². The van der Waals surface area contributed by atoms with Crippen LogP contribution in [-0.4, -0.2) is 45.6 Å². The van der Waals surface area contributed by atoms with Gasteiger partial charge in [0.1, 0.15) is 6.61 Å². The highest BCUT2D eigenvalue weighted by Crippen LogP contribution is 2.36. The average Bonchev–Trinajstić information content (AvgIpc) is 2.81. The maximum Gasteiger partial charge on any atom is 0.494 e. The third-order valence-corrected chi connectivity index (χ3v) is 4.89. The molecular formula is C20H27BN2O4. The number of hydrogen-bond donors (Lipinski definition) is 1. The fraction of sp³-hybridized carbons (Fsp3) is 0.500. The summed E-state index contributed by atoms with van der Waals surface area (Å²) in [6, 6.07) is 7.85. The summed E-state index contributed by atoms with van der Waals surface area (Å²) in [7, 11) is -0.427. The molecule has 1 aromatic heterocycles. The van der Waals surface area contributed by atoms with Crippen molar-refractivity contribution < 1.29 is 19.2 Å². The average molecular weight is 370 g/mol. The molecule has 0 aliphatic carbocycles. The Labute approximate surface area is 161 Å². The van der Waals surface area contributed by atoms with E-state index in [4.69, 9.17) is 14.0 Å². The van der Waals surface area contributed by atoms with Crippen molar-refractivity contribution in [1.29, 1.82) is 0 Å². The topological polar surface area (TPSA) is 73.7 Å². The first-order valence-corrected chi connectivity index (χ1v) is 9.10. The van der Waals surface area contributed by atoms with Gasteiger partial charge in [0, 0.05) is 5.56 Å². The molecular weight excluding hydrogens is 343 g/mol. The molecule has 1 aromatic carbocycles. The van der Waals surface area contributed by atoms with E-state index in [2.05, 4.69) is 9.97 Å². The van der Waals surface area contributed by atoms with Crippen molar-refractivity contribution in [2.24, 2.45) is 0 Å². The van der Waals surface area contributed by atoms with E-state index in [1.54, 1.807) is 26.2 Å². The van der Waals surface area contributed by atoms with E-state index in [-0.39, 0.29) is 17.8 Å². The standard InChI is InChI=1S/C20H27BN2O4/c1-18(2,24)13-25-16-11-22-17(23-12-16)14-8-7-9-15(10-14)21-26-19(3,4)20(5,6)27-21/h7-12,24H,13H2,1-6H3. The van der Waals surface area contributed by atoms with Gasteiger partial charge in [-0.1, -0.05) is 24.3 Å². The number of aromatic nitrogens is 2. The van der Waals surface area contributed by atoms with Crippen LogP contribution in [0.3, 0.4) is 0 Å². The van der Waals surface area contributed by atoms with Gasteiger partial charge in [0.2, 0.25) is 0 Å². The minimum Gasteiger partial charge on any atom is -0.487 e. The molecule has 1 fully saturated rings. The van der Waals surface area contributed by atoms with Crippen LogP contribution in [0.25, 0.3) is 11.4 Å². The highest BCUT2D eigenvalue weighted by Gasteiger charge is 2.51. The number of hydrogen-bond acceptors (Lipinski definition) is 6. The predicted octanol–water partition coefficient (Wildman–Crippen LogP) is 2.59. The second kappa shape index (κ2) is 6.89. The lowest BCUT2D eigenvalue weighted by molar-refractivity contribution is 0.00578. The molecule has 0 atom stereocenters. The third kappa shape index (κ3) is 4.48. The first-order valence-electron chi connectivity index (χ1n) is 9.10. The minimum atomic E-state index is -0.907. The van der Waals surface area contributed by atoms with Crippen LogP contribution in [-0.2, 0) is 9.31 Å². The van der Waals surface area contributed by atoms with E-state index >= 15 is 0 Å². The highest BCUT2D eigenvalue weighted by atomic mass is 16.7. The molecule has 0 radical (unpaired) electrons. The first kappa shape index (κ1) is 19.8. The number of rotatable bonds is 5. The Hall–Kier alpha value is -1.96. The van der Waals surface area contributed by atoms with E-state index in [9.17, 15) is 5.11 Å². The monoisotopic (exact) mass is 370 g/mol. The highest BCUT2D eigenvalue weighted by molar-refractivity contribution is 6.62. The minimum absolute atomic E-state index is 0.174. The van der Waals surface area contributed by atoms with Gasteiger partial charge in [-0.2, -0.15) is 0 Å². The molecule has 144 valence electrons. The summed E-state index contributed by atoms with van der Waals surface area (Å²) >= 11 is 0. The Kier molecular flexibility index (Phi) is 5.05. The molecule has 1 aliphatic heterocycles. The van der Waals surface area contributed by atoms with Gasteiger partial charge in [-0.15, -0.1) is 0 Å². The number of benzene rings is 1. The quantitative estimate of drug-likeness (QED) is 0.816. The lowest BCUT2D eigenvalue weighted by atomic mass is 9.78. The zero-order valence-corrected chi connectivity index (χ0v) is 16.8. The summed E-state index contributed by atoms with van der Waals surface area (Å²) in [5, 5.41) is 9.73. The summed E-state index contributed by atoms with van der Waals surface area (Å²) in [4.78, 5) is 8.75. The van der Waals surface area contributed by atoms with Crippen LogP contribution in [0, 0.1) is 0 Å². The maximum absolute atomic E-state index is 9.73. The molecule has 6 nitrogen and oxygen atoms in total. The predicted molar refractivity (Wildman–Crippen MR) is 105 cm³/mol. The fourth-order valence-electron chi connectivity index (χ4n) is 2.60. The van der Waals surface area contributed by atoms with Crippen LogP contribution < -0.4 is 10.2 Å². The van der Waals surface area contributed by atoms with Crippen molar-refractivity contribution in [2.45, 2.75) is 58.3 Å². The lowest BCUT2D eigenvalue weighted by Crippen LogP contribution is -2.41. The smallest absolute Gasteiger partial charge is 0.487 e. The van der Waals surface area contributed by atoms with E-state index < -0.39 is 12.7 Å². The zero-order valence-electron chi connectivity index (χ0n) is 16.8. The Morgan fingerprint density at radius 3 is 2.22 bits per heavy atom. The van der Waals surface area contributed by atoms with Crippen molar-refractivity contribution >= 4 is 12.6 Å². The molecule has 0 amide bonds. The molecule has 2 aromatic rings. The van der Waals surface area contributed by atoms with Crippen LogP contribution >= 0.6 is 0 Å². The molecule has 0 spiro atoms. The van der Waals surface area contributed by atoms with Gasteiger partial charge in [0.25, 0.3) is 0 Å². The van der Waals surface area contributed by atoms with Crippen LogP contribution in [0.15, 0.2) is 36.7 Å². The summed E-state index contributed by atoms with van der Waals surface area (Å²) in [6.07, 6.45) is 3.21. The van der Waals surface area contributed by atoms with Crippen LogP contribution in [0.1, 0.15) is 41.5 Å². The zero-order chi connectivity index (χ0) is 19.9. The Balaban J connectivity index is 1.76. The second-order valence-electron chi connectivity index (χ2n) is 8.56. The van der Waals surface area contributed by atoms with E-state index in [0.29, 0.717) is 11.6 Å². The van der Waals surface area contributed by atoms with Crippen LogP contribution in [0.2, 0.25) is 0 Å². The van der Waals surface area contributed by atoms with Gasteiger partial charge >= 0.3 is 7.12 Å². The summed E-state index contributed by atoms with van der Waals surface area (Å²) in [5.74, 6) is 1.10. The van der Waals surface area contributed by atoms with Gasteiger partial charge in [-0.3, -0.25) is 0 Å². The van der Waals surface area contributed by atoms with Crippen LogP contribution in [0.5, 0.6) is 5.75 Å². The maximum atomic E-state index is 9.73. The number of ether oxygens (including phenoxy) is 1. The van der Waals surface area contributed by atoms with Crippen molar-refractivity contribution in [1.82, 2.24) is 9.97 Å². The van der Waals surface area contributed by atoms with Gasteiger partial charge in [-0.05, 0) is 47.0 Å². The normalized spacial score (nSPS) is 18.6. The third-order valence-electron chi connectivity index (χ3n) is 4.89. The fourth-order valence-corrected chi connectivity index (χ4v) is 2.60. The Morgan fingerprint density at radius 1 is 1.07 bits per heavy atom. The molecule has 27 heavy (non-hydrogen) atoms. The van der Waals surface area contributed by atoms with Gasteiger partial charge in [0.15, 0.2) is 11.6 Å². The van der Waals surface area contributed by atoms with Crippen molar-refractivity contribution in [3.05, 3.63) is 36.7 Å². The second-order valence-corrected chi connectivity index (χ2v) is 8.56. The molecule has 1 N–H and O–H groups in total. The van der Waals surface area contributed by atoms with Gasteiger partial charge in [0.05, 0.1) is 29.2 Å². The van der Waals surface area contributed by atoms with E-state index in [0.717, 1.165) is 11.0 Å². The Bertz CT molecular complexity index is 784. The van der Waals surface area contributed by atoms with Crippen LogP contribution in [0.4, 0.5) is 0 Å². The first-order chi connectivity index (χ1) is 12.5. The lowest BCUT2D eigenvalue weighted by Gasteiger charge is -2.32. The Morgan fingerprint density at radius 2 is 1.67 bits per heavy atom. The molecule has 7 heteroatoms. The number of nitrogens with zero attached hydrogens (tertiary/aromatic N) is 2. The molecule has 0 saturated carbocycles. The molecule has 3 rings (SSSR count). The SMILES string of the molecule is CC(C)(O)COc1cnc(-c2cccc(B3OC(C)(C)C(C)(C)O3)c2)nc1. The summed E-state index contributed by atoms with van der Waals surface area (Å²) < 4.78 is 17.7. The molecule has 1 saturated heterocycles. The van der Waals surface area contributed by atoms with Crippen molar-refractivity contribution in [3.63, 3.8) is 0 Å². The summed E-state index contributed by atoms with van der Waals surface area (Å²) in [5.41, 5.74) is 0.122. The molecule has 0 unspecified atom stereocenters. The van der Waals surface area contributed by atoms with Gasteiger partial charge in [-0.25, -0.2) is 9.97 Å². The molecule has 1 aliphatic rings. The molecule has 0 bridgehead atoms. The van der Waals surface area contributed by atoms with Crippen molar-refractivity contribution in [3.8, 4) is 17.1 Å². The summed E-state index contributed by atoms with van der Waals surface area (Å²) in [6.45, 7) is 11.7.